The number of rotatable bonds is 2. The van der Waals surface area contributed by atoms with Gasteiger partial charge in [0.2, 0.25) is 0 Å². The third-order valence-electron chi connectivity index (χ3n) is 3.76. The van der Waals surface area contributed by atoms with Crippen molar-refractivity contribution in [3.05, 3.63) is 29.1 Å². The van der Waals surface area contributed by atoms with E-state index in [2.05, 4.69) is 11.8 Å². The summed E-state index contributed by atoms with van der Waals surface area (Å²) in [4.78, 5) is 2.28. The largest absolute Gasteiger partial charge is 0.389 e. The molecule has 1 N–H and O–H groups in total. The minimum Gasteiger partial charge on any atom is -0.389 e. The Morgan fingerprint density at radius 3 is 2.78 bits per heavy atom. The molecule has 1 fully saturated rings. The molecule has 100 valence electrons. The average molecular weight is 251 g/mol. The molecular weight excluding hydrogens is 229 g/mol. The SMILES string of the molecule is Cc1cc(N2CCCC(C)C2)c([C@H](C)O)cc1F. The summed E-state index contributed by atoms with van der Waals surface area (Å²) < 4.78 is 13.6. The van der Waals surface area contributed by atoms with E-state index in [1.165, 1.54) is 12.5 Å². The zero-order valence-electron chi connectivity index (χ0n) is 11.4. The topological polar surface area (TPSA) is 23.5 Å². The van der Waals surface area contributed by atoms with Crippen LogP contribution in [0.4, 0.5) is 10.1 Å². The van der Waals surface area contributed by atoms with E-state index >= 15 is 0 Å². The fraction of sp³-hybridized carbons (Fsp3) is 0.600. The lowest BCUT2D eigenvalue weighted by atomic mass is 9.97. The molecule has 0 aromatic heterocycles. The minimum atomic E-state index is -0.632. The maximum Gasteiger partial charge on any atom is 0.126 e. The van der Waals surface area contributed by atoms with Crippen molar-refractivity contribution >= 4 is 5.69 Å². The van der Waals surface area contributed by atoms with Gasteiger partial charge in [-0.25, -0.2) is 4.39 Å². The van der Waals surface area contributed by atoms with Gasteiger partial charge in [0.25, 0.3) is 0 Å². The molecule has 2 rings (SSSR count). The van der Waals surface area contributed by atoms with Crippen LogP contribution in [-0.2, 0) is 0 Å². The van der Waals surface area contributed by atoms with Crippen LogP contribution in [0, 0.1) is 18.7 Å². The predicted molar refractivity (Wildman–Crippen MR) is 72.4 cm³/mol. The first-order valence-corrected chi connectivity index (χ1v) is 6.72. The van der Waals surface area contributed by atoms with Crippen molar-refractivity contribution in [1.29, 1.82) is 0 Å². The van der Waals surface area contributed by atoms with Gasteiger partial charge in [0, 0.05) is 24.3 Å². The van der Waals surface area contributed by atoms with Crippen LogP contribution in [0.1, 0.15) is 43.9 Å². The molecule has 0 bridgehead atoms. The zero-order chi connectivity index (χ0) is 13.3. The van der Waals surface area contributed by atoms with E-state index in [1.807, 2.05) is 6.07 Å². The fourth-order valence-electron chi connectivity index (χ4n) is 2.70. The first kappa shape index (κ1) is 13.3. The molecule has 0 spiro atoms. The Bertz CT molecular complexity index is 431. The molecule has 0 aliphatic carbocycles. The normalized spacial score (nSPS) is 22.1. The van der Waals surface area contributed by atoms with Gasteiger partial charge in [0.15, 0.2) is 0 Å². The number of piperidine rings is 1. The highest BCUT2D eigenvalue weighted by Gasteiger charge is 2.21. The fourth-order valence-corrected chi connectivity index (χ4v) is 2.70. The molecule has 1 unspecified atom stereocenters. The number of benzene rings is 1. The summed E-state index contributed by atoms with van der Waals surface area (Å²) in [7, 11) is 0. The third-order valence-corrected chi connectivity index (χ3v) is 3.76. The second-order valence-electron chi connectivity index (χ2n) is 5.53. The van der Waals surface area contributed by atoms with E-state index in [0.717, 1.165) is 25.2 Å². The number of hydrogen-bond donors (Lipinski definition) is 1. The van der Waals surface area contributed by atoms with E-state index in [-0.39, 0.29) is 5.82 Å². The van der Waals surface area contributed by atoms with Crippen LogP contribution in [0.15, 0.2) is 12.1 Å². The Balaban J connectivity index is 2.38. The van der Waals surface area contributed by atoms with Crippen LogP contribution < -0.4 is 4.90 Å². The average Bonchev–Trinajstić information content (AvgIpc) is 2.31. The van der Waals surface area contributed by atoms with Gasteiger partial charge >= 0.3 is 0 Å². The minimum absolute atomic E-state index is 0.236. The van der Waals surface area contributed by atoms with Gasteiger partial charge in [-0.3, -0.25) is 0 Å². The number of aliphatic hydroxyl groups is 1. The molecule has 1 heterocycles. The molecule has 0 amide bonds. The lowest BCUT2D eigenvalue weighted by Crippen LogP contribution is -2.35. The lowest BCUT2D eigenvalue weighted by Gasteiger charge is -2.35. The van der Waals surface area contributed by atoms with Crippen molar-refractivity contribution < 1.29 is 9.50 Å². The van der Waals surface area contributed by atoms with E-state index in [1.54, 1.807) is 13.8 Å². The summed E-state index contributed by atoms with van der Waals surface area (Å²) in [5, 5.41) is 9.82. The molecule has 1 aromatic rings. The molecule has 1 saturated heterocycles. The Kier molecular flexibility index (Phi) is 3.91. The Morgan fingerprint density at radius 1 is 1.44 bits per heavy atom. The molecule has 2 atom stereocenters. The highest BCUT2D eigenvalue weighted by Crippen LogP contribution is 2.32. The van der Waals surface area contributed by atoms with Gasteiger partial charge in [-0.15, -0.1) is 0 Å². The number of anilines is 1. The second-order valence-corrected chi connectivity index (χ2v) is 5.53. The predicted octanol–water partition coefficient (Wildman–Crippen LogP) is 3.42. The van der Waals surface area contributed by atoms with Crippen molar-refractivity contribution in [1.82, 2.24) is 0 Å². The van der Waals surface area contributed by atoms with E-state index in [9.17, 15) is 9.50 Å². The first-order chi connectivity index (χ1) is 8.49. The molecule has 0 saturated carbocycles. The van der Waals surface area contributed by atoms with Crippen LogP contribution in [0.2, 0.25) is 0 Å². The van der Waals surface area contributed by atoms with Gasteiger partial charge in [-0.05, 0) is 50.3 Å². The van der Waals surface area contributed by atoms with Crippen molar-refractivity contribution in [3.8, 4) is 0 Å². The summed E-state index contributed by atoms with van der Waals surface area (Å²) in [5.74, 6) is 0.422. The van der Waals surface area contributed by atoms with Crippen LogP contribution in [-0.4, -0.2) is 18.2 Å². The van der Waals surface area contributed by atoms with Crippen molar-refractivity contribution in [2.24, 2.45) is 5.92 Å². The maximum absolute atomic E-state index is 13.6. The second kappa shape index (κ2) is 5.27. The number of aliphatic hydroxyl groups excluding tert-OH is 1. The van der Waals surface area contributed by atoms with Crippen LogP contribution >= 0.6 is 0 Å². The number of halogens is 1. The van der Waals surface area contributed by atoms with Gasteiger partial charge in [-0.1, -0.05) is 6.92 Å². The summed E-state index contributed by atoms with van der Waals surface area (Å²) >= 11 is 0. The Morgan fingerprint density at radius 2 is 2.17 bits per heavy atom. The van der Waals surface area contributed by atoms with Gasteiger partial charge in [0.1, 0.15) is 5.82 Å². The first-order valence-electron chi connectivity index (χ1n) is 6.72. The van der Waals surface area contributed by atoms with E-state index in [0.29, 0.717) is 17.0 Å². The summed E-state index contributed by atoms with van der Waals surface area (Å²) in [5.41, 5.74) is 2.34. The van der Waals surface area contributed by atoms with E-state index < -0.39 is 6.10 Å². The molecule has 2 nitrogen and oxygen atoms in total. The smallest absolute Gasteiger partial charge is 0.126 e. The summed E-state index contributed by atoms with van der Waals surface area (Å²) in [6.07, 6.45) is 1.78. The molecule has 18 heavy (non-hydrogen) atoms. The van der Waals surface area contributed by atoms with Crippen molar-refractivity contribution in [2.45, 2.75) is 39.7 Å². The zero-order valence-corrected chi connectivity index (χ0v) is 11.4. The highest BCUT2D eigenvalue weighted by molar-refractivity contribution is 5.57. The Hall–Kier alpha value is -1.09. The highest BCUT2D eigenvalue weighted by atomic mass is 19.1. The maximum atomic E-state index is 13.6. The molecule has 3 heteroatoms. The quantitative estimate of drug-likeness (QED) is 0.870. The van der Waals surface area contributed by atoms with E-state index in [4.69, 9.17) is 0 Å². The van der Waals surface area contributed by atoms with Crippen molar-refractivity contribution in [3.63, 3.8) is 0 Å². The molecular formula is C15H22FNO. The standard InChI is InChI=1S/C15H22FNO/c1-10-5-4-6-17(9-10)15-7-11(2)14(16)8-13(15)12(3)18/h7-8,10,12,18H,4-6,9H2,1-3H3/t10?,12-/m0/s1. The molecule has 0 radical (unpaired) electrons. The van der Waals surface area contributed by atoms with Crippen LogP contribution in [0.25, 0.3) is 0 Å². The summed E-state index contributed by atoms with van der Waals surface area (Å²) in [6.45, 7) is 7.70. The summed E-state index contributed by atoms with van der Waals surface area (Å²) in [6, 6.07) is 3.35. The van der Waals surface area contributed by atoms with Gasteiger partial charge in [-0.2, -0.15) is 0 Å². The molecule has 1 aliphatic heterocycles. The van der Waals surface area contributed by atoms with Gasteiger partial charge in [0.05, 0.1) is 6.10 Å². The monoisotopic (exact) mass is 251 g/mol. The third kappa shape index (κ3) is 2.66. The Labute approximate surface area is 108 Å². The number of aryl methyl sites for hydroxylation is 1. The van der Waals surface area contributed by atoms with Crippen molar-refractivity contribution in [2.75, 3.05) is 18.0 Å². The lowest BCUT2D eigenvalue weighted by molar-refractivity contribution is 0.199. The molecule has 1 aliphatic rings. The van der Waals surface area contributed by atoms with Crippen LogP contribution in [0.3, 0.4) is 0 Å². The number of hydrogen-bond acceptors (Lipinski definition) is 2. The molecule has 1 aromatic carbocycles. The van der Waals surface area contributed by atoms with Gasteiger partial charge < -0.3 is 10.0 Å². The number of nitrogens with zero attached hydrogens (tertiary/aromatic N) is 1. The van der Waals surface area contributed by atoms with Crippen LogP contribution in [0.5, 0.6) is 0 Å².